The third-order valence-corrected chi connectivity index (χ3v) is 1.22. The second kappa shape index (κ2) is 2.84. The van der Waals surface area contributed by atoms with Gasteiger partial charge >= 0.3 is 0 Å². The Morgan fingerprint density at radius 1 is 1.14 bits per heavy atom. The van der Waals surface area contributed by atoms with Crippen LogP contribution in [0.2, 0.25) is 0 Å². The van der Waals surface area contributed by atoms with Gasteiger partial charge in [-0.2, -0.15) is 0 Å². The van der Waals surface area contributed by atoms with Crippen LogP contribution in [-0.2, 0) is 0 Å². The van der Waals surface area contributed by atoms with E-state index in [4.69, 9.17) is 0 Å². The van der Waals surface area contributed by atoms with E-state index in [2.05, 4.69) is 34.1 Å². The average Bonchev–Trinajstić information content (AvgIpc) is 1.65. The van der Waals surface area contributed by atoms with Gasteiger partial charge in [0.1, 0.15) is 0 Å². The normalized spacial score (nSPS) is 8.57. The Morgan fingerprint density at radius 2 is 1.57 bits per heavy atom. The lowest BCUT2D eigenvalue weighted by molar-refractivity contribution is 1.23. The summed E-state index contributed by atoms with van der Waals surface area (Å²) in [5.41, 5.74) is 2.79. The van der Waals surface area contributed by atoms with Gasteiger partial charge < -0.3 is 0 Å². The third-order valence-electron chi connectivity index (χ3n) is 1.22. The van der Waals surface area contributed by atoms with Crippen molar-refractivity contribution in [2.24, 2.45) is 0 Å². The smallest absolute Gasteiger partial charge is 0.0169 e. The van der Waals surface area contributed by atoms with Crippen molar-refractivity contribution in [3.8, 4) is 0 Å². The number of hydrogen-bond donors (Lipinski definition) is 0. The zero-order valence-corrected chi connectivity index (χ0v) is 5.58. The highest BCUT2D eigenvalue weighted by atomic mass is 13.9. The van der Waals surface area contributed by atoms with Gasteiger partial charge in [-0.3, -0.25) is 0 Å². The van der Waals surface area contributed by atoms with Crippen LogP contribution in [-0.4, -0.2) is 0 Å². The fourth-order valence-electron chi connectivity index (χ4n) is 0.289. The molecule has 1 radical (unpaired) electrons. The molecule has 0 spiro atoms. The Labute approximate surface area is 46.2 Å². The minimum absolute atomic E-state index is 1.39. The molecule has 0 nitrogen and oxygen atoms in total. The monoisotopic (exact) mass is 97.1 g/mol. The molecule has 0 aliphatic heterocycles. The maximum Gasteiger partial charge on any atom is -0.0169 e. The lowest BCUT2D eigenvalue weighted by Crippen LogP contribution is -1.74. The topological polar surface area (TPSA) is 0 Å². The summed E-state index contributed by atoms with van der Waals surface area (Å²) < 4.78 is 0. The van der Waals surface area contributed by atoms with Crippen LogP contribution >= 0.6 is 0 Å². The largest absolute Gasteiger partial charge is 0.0772 e. The van der Waals surface area contributed by atoms with Crippen LogP contribution in [0.15, 0.2) is 11.1 Å². The fraction of sp³-hybridized carbons (Fsp3) is 0.571. The van der Waals surface area contributed by atoms with E-state index in [1.807, 2.05) is 0 Å². The Morgan fingerprint density at radius 3 is 1.57 bits per heavy atom. The first kappa shape index (κ1) is 6.74. The van der Waals surface area contributed by atoms with Gasteiger partial charge in [-0.1, -0.05) is 18.1 Å². The van der Waals surface area contributed by atoms with Gasteiger partial charge in [0.05, 0.1) is 0 Å². The van der Waals surface area contributed by atoms with E-state index < -0.39 is 0 Å². The highest BCUT2D eigenvalue weighted by Gasteiger charge is 1.83. The maximum absolute atomic E-state index is 2.12. The van der Waals surface area contributed by atoms with Crippen LogP contribution in [0.1, 0.15) is 27.7 Å². The molecule has 0 atom stereocenters. The molecule has 0 heterocycles. The Bertz CT molecular complexity index is 74.0. The van der Waals surface area contributed by atoms with Gasteiger partial charge in [-0.05, 0) is 27.2 Å². The second-order valence-corrected chi connectivity index (χ2v) is 1.97. The third kappa shape index (κ3) is 2.44. The van der Waals surface area contributed by atoms with Gasteiger partial charge in [0.15, 0.2) is 0 Å². The van der Waals surface area contributed by atoms with E-state index in [0.29, 0.717) is 0 Å². The Balaban J connectivity index is 3.72. The summed E-state index contributed by atoms with van der Waals surface area (Å²) in [5.74, 6) is 0. The summed E-state index contributed by atoms with van der Waals surface area (Å²) >= 11 is 0. The lowest BCUT2D eigenvalue weighted by Gasteiger charge is -1.94. The van der Waals surface area contributed by atoms with Gasteiger partial charge in [-0.25, -0.2) is 0 Å². The summed E-state index contributed by atoms with van der Waals surface area (Å²) in [6.07, 6.45) is 2.12. The molecule has 0 unspecified atom stereocenters. The minimum atomic E-state index is 1.39. The van der Waals surface area contributed by atoms with Crippen LogP contribution in [0.5, 0.6) is 0 Å². The van der Waals surface area contributed by atoms with E-state index in [1.54, 1.807) is 0 Å². The van der Waals surface area contributed by atoms with E-state index in [9.17, 15) is 0 Å². The molecular formula is C7H13. The van der Waals surface area contributed by atoms with Crippen molar-refractivity contribution in [2.75, 3.05) is 0 Å². The first-order valence-corrected chi connectivity index (χ1v) is 2.62. The molecule has 0 aromatic carbocycles. The lowest BCUT2D eigenvalue weighted by atomic mass is 10.1. The predicted molar refractivity (Wildman–Crippen MR) is 34.0 cm³/mol. The van der Waals surface area contributed by atoms with E-state index in [0.717, 1.165) is 0 Å². The molecule has 0 N–H and O–H groups in total. The molecule has 0 saturated carbocycles. The number of rotatable bonds is 1. The maximum atomic E-state index is 2.12. The average molecular weight is 97.2 g/mol. The molecule has 0 fully saturated rings. The van der Waals surface area contributed by atoms with Crippen molar-refractivity contribution >= 4 is 0 Å². The number of allylic oxidation sites excluding steroid dienone is 2. The summed E-state index contributed by atoms with van der Waals surface area (Å²) in [6, 6.07) is 0. The summed E-state index contributed by atoms with van der Waals surface area (Å²) in [5, 5.41) is 0. The summed E-state index contributed by atoms with van der Waals surface area (Å²) in [6.45, 7) is 8.42. The molecule has 0 aromatic rings. The van der Waals surface area contributed by atoms with Gasteiger partial charge in [0.25, 0.3) is 0 Å². The van der Waals surface area contributed by atoms with Crippen molar-refractivity contribution < 1.29 is 0 Å². The molecule has 41 valence electrons. The van der Waals surface area contributed by atoms with Gasteiger partial charge in [-0.15, -0.1) is 0 Å². The van der Waals surface area contributed by atoms with Crippen LogP contribution < -0.4 is 0 Å². The van der Waals surface area contributed by atoms with Crippen molar-refractivity contribution in [2.45, 2.75) is 27.7 Å². The molecule has 0 saturated heterocycles. The number of hydrogen-bond acceptors (Lipinski definition) is 0. The highest BCUT2D eigenvalue weighted by molar-refractivity contribution is 5.14. The van der Waals surface area contributed by atoms with Crippen molar-refractivity contribution in [1.29, 1.82) is 0 Å². The zero-order chi connectivity index (χ0) is 5.86. The molecule has 0 aromatic heterocycles. The second-order valence-electron chi connectivity index (χ2n) is 1.97. The highest BCUT2D eigenvalue weighted by Crippen LogP contribution is 2.02. The summed E-state index contributed by atoms with van der Waals surface area (Å²) in [4.78, 5) is 0. The van der Waals surface area contributed by atoms with Crippen molar-refractivity contribution in [3.05, 3.63) is 17.6 Å². The molecule has 0 aliphatic carbocycles. The first-order chi connectivity index (χ1) is 3.18. The van der Waals surface area contributed by atoms with Gasteiger partial charge in [0.2, 0.25) is 0 Å². The Hall–Kier alpha value is -0.260. The van der Waals surface area contributed by atoms with Crippen molar-refractivity contribution in [3.63, 3.8) is 0 Å². The molecule has 0 rings (SSSR count). The van der Waals surface area contributed by atoms with Crippen LogP contribution in [0.25, 0.3) is 0 Å². The van der Waals surface area contributed by atoms with E-state index >= 15 is 0 Å². The first-order valence-electron chi connectivity index (χ1n) is 2.62. The Kier molecular flexibility index (Phi) is 2.73. The molecule has 0 amide bonds. The van der Waals surface area contributed by atoms with Crippen LogP contribution in [0.3, 0.4) is 0 Å². The SMILES string of the molecule is C[CH]C(C)=C(C)C. The molecule has 0 heteroatoms. The predicted octanol–water partition coefficient (Wildman–Crippen LogP) is 2.57. The quantitative estimate of drug-likeness (QED) is 0.471. The molecule has 7 heavy (non-hydrogen) atoms. The molecular weight excluding hydrogens is 84.1 g/mol. The van der Waals surface area contributed by atoms with Crippen molar-refractivity contribution in [1.82, 2.24) is 0 Å². The summed E-state index contributed by atoms with van der Waals surface area (Å²) in [7, 11) is 0. The van der Waals surface area contributed by atoms with Crippen LogP contribution in [0, 0.1) is 6.42 Å². The van der Waals surface area contributed by atoms with E-state index in [-0.39, 0.29) is 0 Å². The van der Waals surface area contributed by atoms with Crippen LogP contribution in [0.4, 0.5) is 0 Å². The molecule has 0 bridgehead atoms. The minimum Gasteiger partial charge on any atom is -0.0772 e. The molecule has 0 aliphatic rings. The van der Waals surface area contributed by atoms with Gasteiger partial charge in [0, 0.05) is 0 Å². The fourth-order valence-corrected chi connectivity index (χ4v) is 0.289. The standard InChI is InChI=1S/C7H13/c1-5-7(4)6(2)3/h5H,1-4H3. The van der Waals surface area contributed by atoms with E-state index in [1.165, 1.54) is 11.1 Å². The zero-order valence-electron chi connectivity index (χ0n) is 5.58.